The Kier molecular flexibility index (Phi) is 5.43. The van der Waals surface area contributed by atoms with Crippen molar-refractivity contribution in [1.29, 1.82) is 0 Å². The van der Waals surface area contributed by atoms with Crippen LogP contribution >= 0.6 is 0 Å². The van der Waals surface area contributed by atoms with Gasteiger partial charge in [0.05, 0.1) is 30.3 Å². The molecular formula is C17H22N8O2. The monoisotopic (exact) mass is 370 g/mol. The molecule has 0 spiro atoms. The number of aromatic nitrogens is 4. The largest absolute Gasteiger partial charge is 0.372 e. The molecule has 2 heterocycles. The smallest absolute Gasteiger partial charge is 0.271 e. The van der Waals surface area contributed by atoms with Crippen LogP contribution in [0, 0.1) is 0 Å². The Morgan fingerprint density at radius 2 is 1.44 bits per heavy atom. The predicted octanol–water partition coefficient (Wildman–Crippen LogP) is 0.432. The zero-order valence-corrected chi connectivity index (χ0v) is 15.2. The molecule has 0 aromatic carbocycles. The molecule has 0 atom stereocenters. The van der Waals surface area contributed by atoms with Gasteiger partial charge in [-0.05, 0) is 19.3 Å². The maximum absolute atomic E-state index is 12.5. The first-order valence-electron chi connectivity index (χ1n) is 8.65. The van der Waals surface area contributed by atoms with Crippen LogP contribution in [0.15, 0.2) is 24.8 Å². The summed E-state index contributed by atoms with van der Waals surface area (Å²) in [6, 6.07) is 0. The Morgan fingerprint density at radius 3 is 1.85 bits per heavy atom. The molecule has 27 heavy (non-hydrogen) atoms. The van der Waals surface area contributed by atoms with Crippen LogP contribution in [-0.4, -0.2) is 57.9 Å². The van der Waals surface area contributed by atoms with Crippen LogP contribution in [0.2, 0.25) is 0 Å². The minimum atomic E-state index is -0.478. The number of carbonyl (C=O) groups is 2. The van der Waals surface area contributed by atoms with Crippen molar-refractivity contribution < 1.29 is 9.59 Å². The fraction of sp³-hybridized carbons (Fsp3) is 0.412. The molecule has 2 amide bonds. The van der Waals surface area contributed by atoms with Gasteiger partial charge in [-0.3, -0.25) is 9.59 Å². The van der Waals surface area contributed by atoms with Gasteiger partial charge >= 0.3 is 0 Å². The number of rotatable bonds is 7. The second-order valence-electron chi connectivity index (χ2n) is 6.34. The summed E-state index contributed by atoms with van der Waals surface area (Å²) in [4.78, 5) is 41.1. The van der Waals surface area contributed by atoms with Gasteiger partial charge in [0, 0.05) is 20.6 Å². The molecule has 1 saturated carbocycles. The third kappa shape index (κ3) is 4.27. The van der Waals surface area contributed by atoms with E-state index in [-0.39, 0.29) is 23.2 Å². The highest BCUT2D eigenvalue weighted by atomic mass is 16.2. The van der Waals surface area contributed by atoms with E-state index < -0.39 is 5.54 Å². The summed E-state index contributed by atoms with van der Waals surface area (Å²) in [5, 5.41) is 11.5. The summed E-state index contributed by atoms with van der Waals surface area (Å²) in [7, 11) is 3.45. The Labute approximate surface area is 156 Å². The van der Waals surface area contributed by atoms with Crippen molar-refractivity contribution in [2.45, 2.75) is 24.8 Å². The molecule has 0 bridgehead atoms. The van der Waals surface area contributed by atoms with Crippen LogP contribution in [0.1, 0.15) is 40.2 Å². The lowest BCUT2D eigenvalue weighted by atomic mass is 9.76. The third-order valence-electron chi connectivity index (χ3n) is 4.56. The normalized spacial score (nSPS) is 14.6. The highest BCUT2D eigenvalue weighted by Gasteiger charge is 2.39. The predicted molar refractivity (Wildman–Crippen MR) is 99.5 cm³/mol. The molecule has 1 fully saturated rings. The summed E-state index contributed by atoms with van der Waals surface area (Å²) in [6.07, 6.45) is 8.37. The molecule has 1 aliphatic rings. The van der Waals surface area contributed by atoms with Gasteiger partial charge in [0.15, 0.2) is 0 Å². The van der Waals surface area contributed by atoms with E-state index >= 15 is 0 Å². The van der Waals surface area contributed by atoms with Gasteiger partial charge < -0.3 is 21.3 Å². The average Bonchev–Trinajstić information content (AvgIpc) is 2.69. The van der Waals surface area contributed by atoms with Gasteiger partial charge in [0.25, 0.3) is 11.8 Å². The molecule has 0 saturated heterocycles. The highest BCUT2D eigenvalue weighted by molar-refractivity contribution is 5.93. The summed E-state index contributed by atoms with van der Waals surface area (Å²) < 4.78 is 0. The van der Waals surface area contributed by atoms with Gasteiger partial charge in [0.1, 0.15) is 23.0 Å². The first kappa shape index (κ1) is 18.5. The molecule has 2 aromatic rings. The van der Waals surface area contributed by atoms with Crippen LogP contribution in [-0.2, 0) is 0 Å². The number of anilines is 2. The fourth-order valence-electron chi connectivity index (χ4n) is 2.74. The maximum Gasteiger partial charge on any atom is 0.271 e. The van der Waals surface area contributed by atoms with Crippen LogP contribution < -0.4 is 21.3 Å². The molecule has 4 N–H and O–H groups in total. The van der Waals surface area contributed by atoms with Crippen LogP contribution in [0.25, 0.3) is 0 Å². The molecule has 0 aliphatic heterocycles. The summed E-state index contributed by atoms with van der Waals surface area (Å²) in [5.41, 5.74) is -0.0162. The standard InChI is InChI=1S/C17H22N8O2/c1-18-13-8-20-11(6-22-13)15(26)24-10-17(4-3-5-17)25-16(27)12-7-23-14(19-2)9-21-12/h6-9H,3-5,10H2,1-2H3,(H,18,22)(H,19,23)(H,24,26)(H,25,27). The quantitative estimate of drug-likeness (QED) is 0.551. The molecule has 0 unspecified atom stereocenters. The van der Waals surface area contributed by atoms with Crippen molar-refractivity contribution in [3.05, 3.63) is 36.2 Å². The van der Waals surface area contributed by atoms with E-state index in [9.17, 15) is 9.59 Å². The minimum Gasteiger partial charge on any atom is -0.372 e. The third-order valence-corrected chi connectivity index (χ3v) is 4.56. The summed E-state index contributed by atoms with van der Waals surface area (Å²) in [5.74, 6) is 0.531. The van der Waals surface area contributed by atoms with E-state index in [0.717, 1.165) is 19.3 Å². The molecule has 0 radical (unpaired) electrons. The van der Waals surface area contributed by atoms with E-state index in [1.165, 1.54) is 24.8 Å². The number of hydrogen-bond acceptors (Lipinski definition) is 8. The Balaban J connectivity index is 1.59. The van der Waals surface area contributed by atoms with Crippen molar-refractivity contribution in [3.63, 3.8) is 0 Å². The molecule has 2 aromatic heterocycles. The molecule has 10 heteroatoms. The van der Waals surface area contributed by atoms with E-state index in [1.807, 2.05) is 0 Å². The SMILES string of the molecule is CNc1cnc(C(=O)NCC2(NC(=O)c3cnc(NC)cn3)CCC2)cn1. The average molecular weight is 370 g/mol. The number of nitrogens with one attached hydrogen (secondary N) is 4. The van der Waals surface area contributed by atoms with Gasteiger partial charge in [0.2, 0.25) is 0 Å². The zero-order chi connectivity index (χ0) is 19.3. The van der Waals surface area contributed by atoms with Crippen molar-refractivity contribution in [2.24, 2.45) is 0 Å². The molecular weight excluding hydrogens is 348 g/mol. The number of amides is 2. The summed E-state index contributed by atoms with van der Waals surface area (Å²) >= 11 is 0. The lowest BCUT2D eigenvalue weighted by Crippen LogP contribution is -2.60. The first-order valence-corrected chi connectivity index (χ1v) is 8.65. The second kappa shape index (κ2) is 7.94. The van der Waals surface area contributed by atoms with Gasteiger partial charge in [-0.25, -0.2) is 19.9 Å². The fourth-order valence-corrected chi connectivity index (χ4v) is 2.74. The summed E-state index contributed by atoms with van der Waals surface area (Å²) in [6.45, 7) is 0.315. The lowest BCUT2D eigenvalue weighted by Gasteiger charge is -2.42. The molecule has 10 nitrogen and oxygen atoms in total. The zero-order valence-electron chi connectivity index (χ0n) is 15.2. The van der Waals surface area contributed by atoms with Crippen molar-refractivity contribution in [1.82, 2.24) is 30.6 Å². The minimum absolute atomic E-state index is 0.225. The van der Waals surface area contributed by atoms with Crippen molar-refractivity contribution in [2.75, 3.05) is 31.3 Å². The molecule has 142 valence electrons. The van der Waals surface area contributed by atoms with Crippen LogP contribution in [0.5, 0.6) is 0 Å². The van der Waals surface area contributed by atoms with E-state index in [2.05, 4.69) is 41.2 Å². The molecule has 1 aliphatic carbocycles. The lowest BCUT2D eigenvalue weighted by molar-refractivity contribution is 0.0783. The van der Waals surface area contributed by atoms with Crippen molar-refractivity contribution >= 4 is 23.5 Å². The Morgan fingerprint density at radius 1 is 0.889 bits per heavy atom. The van der Waals surface area contributed by atoms with Crippen LogP contribution in [0.4, 0.5) is 11.6 Å². The van der Waals surface area contributed by atoms with Gasteiger partial charge in [-0.2, -0.15) is 0 Å². The van der Waals surface area contributed by atoms with Gasteiger partial charge in [-0.1, -0.05) is 0 Å². The van der Waals surface area contributed by atoms with E-state index in [1.54, 1.807) is 14.1 Å². The highest BCUT2D eigenvalue weighted by Crippen LogP contribution is 2.31. The topological polar surface area (TPSA) is 134 Å². The van der Waals surface area contributed by atoms with Gasteiger partial charge in [-0.15, -0.1) is 0 Å². The van der Waals surface area contributed by atoms with Crippen molar-refractivity contribution in [3.8, 4) is 0 Å². The van der Waals surface area contributed by atoms with E-state index in [4.69, 9.17) is 0 Å². The van der Waals surface area contributed by atoms with E-state index in [0.29, 0.717) is 18.2 Å². The maximum atomic E-state index is 12.5. The number of carbonyl (C=O) groups excluding carboxylic acids is 2. The second-order valence-corrected chi connectivity index (χ2v) is 6.34. The molecule has 3 rings (SSSR count). The first-order chi connectivity index (χ1) is 13.0. The number of hydrogen-bond donors (Lipinski definition) is 4. The number of nitrogens with zero attached hydrogens (tertiary/aromatic N) is 4. The Bertz CT molecular complexity index is 803. The Hall–Kier alpha value is -3.30. The van der Waals surface area contributed by atoms with Crippen LogP contribution in [0.3, 0.4) is 0 Å².